The minimum absolute atomic E-state index is 0. The SMILES string of the molecule is CC(C)Cc1ccc(S(=O)(=O)N2CCC(CN)C2)cc1.Cl. The maximum absolute atomic E-state index is 12.5. The summed E-state index contributed by atoms with van der Waals surface area (Å²) in [5.74, 6) is 0.867. The summed E-state index contributed by atoms with van der Waals surface area (Å²) in [5, 5.41) is 0. The lowest BCUT2D eigenvalue weighted by Gasteiger charge is -2.16. The van der Waals surface area contributed by atoms with Crippen LogP contribution in [0.5, 0.6) is 0 Å². The van der Waals surface area contributed by atoms with E-state index in [9.17, 15) is 8.42 Å². The molecule has 1 fully saturated rings. The summed E-state index contributed by atoms with van der Waals surface area (Å²) in [6.07, 6.45) is 1.83. The molecule has 0 aliphatic carbocycles. The van der Waals surface area contributed by atoms with Gasteiger partial charge in [-0.15, -0.1) is 12.4 Å². The van der Waals surface area contributed by atoms with E-state index in [0.29, 0.717) is 36.4 Å². The van der Waals surface area contributed by atoms with E-state index >= 15 is 0 Å². The van der Waals surface area contributed by atoms with E-state index in [2.05, 4.69) is 13.8 Å². The number of nitrogens with two attached hydrogens (primary N) is 1. The number of sulfonamides is 1. The molecule has 0 saturated carbocycles. The van der Waals surface area contributed by atoms with Crippen molar-refractivity contribution in [2.24, 2.45) is 17.6 Å². The van der Waals surface area contributed by atoms with Crippen molar-refractivity contribution in [2.45, 2.75) is 31.6 Å². The number of halogens is 1. The predicted octanol–water partition coefficient (Wildman–Crippen LogP) is 2.28. The van der Waals surface area contributed by atoms with Gasteiger partial charge in [-0.3, -0.25) is 0 Å². The maximum atomic E-state index is 12.5. The van der Waals surface area contributed by atoms with Gasteiger partial charge in [0.2, 0.25) is 10.0 Å². The summed E-state index contributed by atoms with van der Waals surface area (Å²) in [4.78, 5) is 0.391. The van der Waals surface area contributed by atoms with E-state index in [-0.39, 0.29) is 12.4 Å². The number of benzene rings is 1. The molecule has 4 nitrogen and oxygen atoms in total. The van der Waals surface area contributed by atoms with Crippen molar-refractivity contribution in [1.82, 2.24) is 4.31 Å². The van der Waals surface area contributed by atoms with Crippen LogP contribution in [0.15, 0.2) is 29.2 Å². The van der Waals surface area contributed by atoms with Gasteiger partial charge in [0.1, 0.15) is 0 Å². The summed E-state index contributed by atoms with van der Waals surface area (Å²) in [6, 6.07) is 7.29. The highest BCUT2D eigenvalue weighted by Crippen LogP contribution is 2.24. The van der Waals surface area contributed by atoms with Gasteiger partial charge in [0.25, 0.3) is 0 Å². The molecule has 0 amide bonds. The third kappa shape index (κ3) is 4.42. The lowest BCUT2D eigenvalue weighted by molar-refractivity contribution is 0.459. The summed E-state index contributed by atoms with van der Waals surface area (Å²) in [6.45, 7) is 5.99. The van der Waals surface area contributed by atoms with Gasteiger partial charge in [-0.05, 0) is 48.9 Å². The average molecular weight is 333 g/mol. The van der Waals surface area contributed by atoms with Crippen LogP contribution < -0.4 is 5.73 Å². The lowest BCUT2D eigenvalue weighted by atomic mass is 10.0. The Morgan fingerprint density at radius 2 is 1.90 bits per heavy atom. The third-order valence-electron chi connectivity index (χ3n) is 3.79. The second-order valence-electron chi connectivity index (χ2n) is 6.00. The first kappa shape index (κ1) is 18.4. The van der Waals surface area contributed by atoms with Crippen LogP contribution in [0.3, 0.4) is 0 Å². The number of rotatable bonds is 5. The van der Waals surface area contributed by atoms with Crippen molar-refractivity contribution in [3.63, 3.8) is 0 Å². The Labute approximate surface area is 134 Å². The standard InChI is InChI=1S/C15H24N2O2S.ClH/c1-12(2)9-13-3-5-15(6-4-13)20(18,19)17-8-7-14(10-16)11-17;/h3-6,12,14H,7-11,16H2,1-2H3;1H. The number of nitrogens with zero attached hydrogens (tertiary/aromatic N) is 1. The van der Waals surface area contributed by atoms with Crippen LogP contribution in [-0.2, 0) is 16.4 Å². The zero-order valence-electron chi connectivity index (χ0n) is 12.7. The van der Waals surface area contributed by atoms with Crippen molar-refractivity contribution < 1.29 is 8.42 Å². The van der Waals surface area contributed by atoms with Crippen molar-refractivity contribution in [3.05, 3.63) is 29.8 Å². The Bertz CT molecular complexity index is 543. The highest BCUT2D eigenvalue weighted by molar-refractivity contribution is 7.89. The normalized spacial score (nSPS) is 19.7. The largest absolute Gasteiger partial charge is 0.330 e. The summed E-state index contributed by atoms with van der Waals surface area (Å²) < 4.78 is 26.6. The molecule has 120 valence electrons. The molecule has 1 unspecified atom stereocenters. The fourth-order valence-electron chi connectivity index (χ4n) is 2.63. The Morgan fingerprint density at radius 3 is 2.38 bits per heavy atom. The molecule has 0 radical (unpaired) electrons. The first-order valence-corrected chi connectivity index (χ1v) is 8.66. The summed E-state index contributed by atoms with van der Waals surface area (Å²) >= 11 is 0. The molecular weight excluding hydrogens is 308 g/mol. The van der Waals surface area contributed by atoms with Crippen LogP contribution in [0.25, 0.3) is 0 Å². The van der Waals surface area contributed by atoms with Gasteiger partial charge in [-0.1, -0.05) is 26.0 Å². The molecule has 1 aliphatic heterocycles. The Morgan fingerprint density at radius 1 is 1.29 bits per heavy atom. The molecule has 0 spiro atoms. The summed E-state index contributed by atoms with van der Waals surface area (Å²) in [5.41, 5.74) is 6.80. The molecule has 0 bridgehead atoms. The van der Waals surface area contributed by atoms with E-state index in [0.717, 1.165) is 12.8 Å². The lowest BCUT2D eigenvalue weighted by Crippen LogP contribution is -2.30. The second kappa shape index (κ2) is 7.58. The van der Waals surface area contributed by atoms with Crippen LogP contribution in [0.4, 0.5) is 0 Å². The highest BCUT2D eigenvalue weighted by atomic mass is 35.5. The van der Waals surface area contributed by atoms with Gasteiger partial charge in [0, 0.05) is 13.1 Å². The van der Waals surface area contributed by atoms with Gasteiger partial charge < -0.3 is 5.73 Å². The molecule has 1 aromatic carbocycles. The summed E-state index contributed by atoms with van der Waals surface area (Å²) in [7, 11) is -3.35. The van der Waals surface area contributed by atoms with E-state index in [1.807, 2.05) is 12.1 Å². The topological polar surface area (TPSA) is 63.4 Å². The van der Waals surface area contributed by atoms with Gasteiger partial charge in [-0.25, -0.2) is 8.42 Å². The smallest absolute Gasteiger partial charge is 0.243 e. The van der Waals surface area contributed by atoms with Crippen molar-refractivity contribution in [3.8, 4) is 0 Å². The zero-order valence-corrected chi connectivity index (χ0v) is 14.3. The number of hydrogen-bond acceptors (Lipinski definition) is 3. The quantitative estimate of drug-likeness (QED) is 0.899. The monoisotopic (exact) mass is 332 g/mol. The molecule has 1 aliphatic rings. The third-order valence-corrected chi connectivity index (χ3v) is 5.67. The highest BCUT2D eigenvalue weighted by Gasteiger charge is 2.31. The van der Waals surface area contributed by atoms with Crippen LogP contribution in [0, 0.1) is 11.8 Å². The minimum Gasteiger partial charge on any atom is -0.330 e. The molecule has 1 saturated heterocycles. The van der Waals surface area contributed by atoms with Crippen LogP contribution in [-0.4, -0.2) is 32.4 Å². The Balaban J connectivity index is 0.00000220. The molecule has 0 aromatic heterocycles. The Hall–Kier alpha value is -0.620. The van der Waals surface area contributed by atoms with E-state index in [1.54, 1.807) is 16.4 Å². The first-order chi connectivity index (χ1) is 9.43. The molecule has 1 atom stereocenters. The Kier molecular flexibility index (Phi) is 6.66. The molecular formula is C15H25ClN2O2S. The second-order valence-corrected chi connectivity index (χ2v) is 7.93. The maximum Gasteiger partial charge on any atom is 0.243 e. The van der Waals surface area contributed by atoms with E-state index < -0.39 is 10.0 Å². The van der Waals surface area contributed by atoms with Crippen LogP contribution in [0.2, 0.25) is 0 Å². The number of hydrogen-bond donors (Lipinski definition) is 1. The van der Waals surface area contributed by atoms with Gasteiger partial charge in [0.05, 0.1) is 4.90 Å². The molecule has 2 N–H and O–H groups in total. The molecule has 1 aromatic rings. The average Bonchev–Trinajstić information content (AvgIpc) is 2.88. The zero-order chi connectivity index (χ0) is 14.8. The fourth-order valence-corrected chi connectivity index (χ4v) is 4.16. The van der Waals surface area contributed by atoms with Crippen molar-refractivity contribution >= 4 is 22.4 Å². The first-order valence-electron chi connectivity index (χ1n) is 7.22. The van der Waals surface area contributed by atoms with E-state index in [4.69, 9.17) is 5.73 Å². The van der Waals surface area contributed by atoms with Crippen LogP contribution >= 0.6 is 12.4 Å². The molecule has 2 rings (SSSR count). The molecule has 21 heavy (non-hydrogen) atoms. The molecule has 6 heteroatoms. The predicted molar refractivity (Wildman–Crippen MR) is 88.2 cm³/mol. The van der Waals surface area contributed by atoms with Crippen molar-refractivity contribution in [2.75, 3.05) is 19.6 Å². The molecule has 1 heterocycles. The fraction of sp³-hybridized carbons (Fsp3) is 0.600. The minimum atomic E-state index is -3.35. The van der Waals surface area contributed by atoms with E-state index in [1.165, 1.54) is 5.56 Å². The van der Waals surface area contributed by atoms with Crippen LogP contribution in [0.1, 0.15) is 25.8 Å². The van der Waals surface area contributed by atoms with Crippen molar-refractivity contribution in [1.29, 1.82) is 0 Å². The van der Waals surface area contributed by atoms with Gasteiger partial charge >= 0.3 is 0 Å². The van der Waals surface area contributed by atoms with Gasteiger partial charge in [0.15, 0.2) is 0 Å². The van der Waals surface area contributed by atoms with Gasteiger partial charge in [-0.2, -0.15) is 4.31 Å².